The predicted octanol–water partition coefficient (Wildman–Crippen LogP) is 8.19. The smallest absolute Gasteiger partial charge is 0.166 e. The third-order valence-electron chi connectivity index (χ3n) is 5.51. The summed E-state index contributed by atoms with van der Waals surface area (Å²) in [7, 11) is 0. The van der Waals surface area contributed by atoms with Crippen LogP contribution < -0.4 is 0 Å². The normalized spacial score (nSPS) is 11.2. The summed E-state index contributed by atoms with van der Waals surface area (Å²) >= 11 is 0. The van der Waals surface area contributed by atoms with Gasteiger partial charge in [0.2, 0.25) is 0 Å². The second-order valence-corrected chi connectivity index (χ2v) is 8.07. The van der Waals surface area contributed by atoms with Gasteiger partial charge in [-0.1, -0.05) is 63.4 Å². The fourth-order valence-corrected chi connectivity index (χ4v) is 3.88. The maximum atomic E-state index is 14.6. The van der Waals surface area contributed by atoms with Crippen molar-refractivity contribution in [1.29, 1.82) is 0 Å². The lowest BCUT2D eigenvalue weighted by Gasteiger charge is -2.11. The molecule has 0 saturated carbocycles. The zero-order valence-electron chi connectivity index (χ0n) is 18.1. The second kappa shape index (κ2) is 10.6. The summed E-state index contributed by atoms with van der Waals surface area (Å²) in [6.45, 7) is 4.04. The molecular formula is C27H28F4. The minimum atomic E-state index is -0.948. The lowest BCUT2D eigenvalue weighted by molar-refractivity contribution is 0.496. The van der Waals surface area contributed by atoms with Crippen LogP contribution in [-0.4, -0.2) is 0 Å². The highest BCUT2D eigenvalue weighted by atomic mass is 19.2. The maximum absolute atomic E-state index is 14.6. The van der Waals surface area contributed by atoms with Crippen LogP contribution in [0.2, 0.25) is 0 Å². The minimum Gasteiger partial charge on any atom is -0.204 e. The highest BCUT2D eigenvalue weighted by Crippen LogP contribution is 2.28. The van der Waals surface area contributed by atoms with E-state index in [1.165, 1.54) is 5.56 Å². The van der Waals surface area contributed by atoms with Gasteiger partial charge < -0.3 is 0 Å². The van der Waals surface area contributed by atoms with Gasteiger partial charge in [-0.3, -0.25) is 0 Å². The molecule has 0 nitrogen and oxygen atoms in total. The topological polar surface area (TPSA) is 0 Å². The number of aryl methyl sites for hydroxylation is 2. The summed E-state index contributed by atoms with van der Waals surface area (Å²) in [6, 6.07) is 12.9. The predicted molar refractivity (Wildman–Crippen MR) is 118 cm³/mol. The molecule has 0 aromatic heterocycles. The molecule has 0 saturated heterocycles. The molecule has 164 valence electrons. The van der Waals surface area contributed by atoms with Gasteiger partial charge in [0, 0.05) is 5.56 Å². The number of benzene rings is 3. The van der Waals surface area contributed by atoms with Crippen molar-refractivity contribution in [3.8, 4) is 11.1 Å². The van der Waals surface area contributed by atoms with E-state index < -0.39 is 23.3 Å². The molecule has 0 aliphatic carbocycles. The Morgan fingerprint density at radius 1 is 0.613 bits per heavy atom. The van der Waals surface area contributed by atoms with Gasteiger partial charge in [-0.2, -0.15) is 0 Å². The van der Waals surface area contributed by atoms with Gasteiger partial charge in [0.1, 0.15) is 0 Å². The van der Waals surface area contributed by atoms with Crippen molar-refractivity contribution < 1.29 is 17.6 Å². The average molecular weight is 429 g/mol. The van der Waals surface area contributed by atoms with Crippen LogP contribution in [0.3, 0.4) is 0 Å². The van der Waals surface area contributed by atoms with Gasteiger partial charge in [-0.15, -0.1) is 0 Å². The van der Waals surface area contributed by atoms with Crippen LogP contribution in [0.5, 0.6) is 0 Å². The minimum absolute atomic E-state index is 0.173. The van der Waals surface area contributed by atoms with Gasteiger partial charge in [-0.05, 0) is 71.7 Å². The Labute approximate surface area is 181 Å². The van der Waals surface area contributed by atoms with Crippen LogP contribution in [0.4, 0.5) is 17.6 Å². The molecular weight excluding hydrogens is 400 g/mol. The summed E-state index contributed by atoms with van der Waals surface area (Å²) < 4.78 is 56.8. The molecule has 0 fully saturated rings. The molecule has 0 unspecified atom stereocenters. The van der Waals surface area contributed by atoms with E-state index in [4.69, 9.17) is 0 Å². The van der Waals surface area contributed by atoms with E-state index in [2.05, 4.69) is 6.92 Å². The van der Waals surface area contributed by atoms with Crippen molar-refractivity contribution in [1.82, 2.24) is 0 Å². The average Bonchev–Trinajstić information content (AvgIpc) is 2.75. The highest BCUT2D eigenvalue weighted by Gasteiger charge is 2.15. The van der Waals surface area contributed by atoms with Crippen LogP contribution in [0.15, 0.2) is 48.5 Å². The Kier molecular flexibility index (Phi) is 7.89. The summed E-state index contributed by atoms with van der Waals surface area (Å²) in [5, 5.41) is 0. The van der Waals surface area contributed by atoms with Crippen molar-refractivity contribution in [2.45, 2.75) is 58.8 Å². The van der Waals surface area contributed by atoms with Gasteiger partial charge >= 0.3 is 0 Å². The molecule has 0 amide bonds. The van der Waals surface area contributed by atoms with Crippen LogP contribution in [0.25, 0.3) is 11.1 Å². The molecule has 3 rings (SSSR count). The first-order chi connectivity index (χ1) is 14.9. The second-order valence-electron chi connectivity index (χ2n) is 8.07. The largest absolute Gasteiger partial charge is 0.204 e. The molecule has 31 heavy (non-hydrogen) atoms. The number of hydrogen-bond acceptors (Lipinski definition) is 0. The Hall–Kier alpha value is -2.62. The third kappa shape index (κ3) is 5.75. The first-order valence-corrected chi connectivity index (χ1v) is 11.0. The molecule has 0 bridgehead atoms. The van der Waals surface area contributed by atoms with E-state index in [9.17, 15) is 17.6 Å². The van der Waals surface area contributed by atoms with Crippen molar-refractivity contribution in [3.05, 3.63) is 94.1 Å². The molecule has 0 atom stereocenters. The quantitative estimate of drug-likeness (QED) is 0.238. The summed E-state index contributed by atoms with van der Waals surface area (Å²) in [5.74, 6) is -3.60. The number of hydrogen-bond donors (Lipinski definition) is 0. The molecule has 3 aromatic carbocycles. The SMILES string of the molecule is CCCCCc1ccc(-c2cc(Cc3cc(F)c(F)c(CCC)c3)cc(F)c2F)cc1. The lowest BCUT2D eigenvalue weighted by Crippen LogP contribution is -2.00. The molecule has 0 aliphatic rings. The monoisotopic (exact) mass is 428 g/mol. The van der Waals surface area contributed by atoms with Gasteiger partial charge in [0.15, 0.2) is 23.3 Å². The number of unbranched alkanes of at least 4 members (excludes halogenated alkanes) is 2. The Morgan fingerprint density at radius 3 is 1.90 bits per heavy atom. The number of rotatable bonds is 9. The molecule has 0 heterocycles. The third-order valence-corrected chi connectivity index (χ3v) is 5.51. The van der Waals surface area contributed by atoms with Crippen LogP contribution in [0, 0.1) is 23.3 Å². The Balaban J connectivity index is 1.88. The zero-order valence-corrected chi connectivity index (χ0v) is 18.1. The zero-order chi connectivity index (χ0) is 22.4. The first kappa shape index (κ1) is 23.1. The Bertz CT molecular complexity index is 1020. The van der Waals surface area contributed by atoms with Crippen molar-refractivity contribution >= 4 is 0 Å². The molecule has 3 aromatic rings. The van der Waals surface area contributed by atoms with Crippen LogP contribution in [0.1, 0.15) is 61.8 Å². The molecule has 4 heteroatoms. The summed E-state index contributed by atoms with van der Waals surface area (Å²) in [5.41, 5.74) is 3.28. The van der Waals surface area contributed by atoms with E-state index in [1.54, 1.807) is 24.3 Å². The lowest BCUT2D eigenvalue weighted by atomic mass is 9.95. The van der Waals surface area contributed by atoms with E-state index >= 15 is 0 Å². The van der Waals surface area contributed by atoms with Crippen LogP contribution in [-0.2, 0) is 19.3 Å². The van der Waals surface area contributed by atoms with Gasteiger partial charge in [0.25, 0.3) is 0 Å². The fraction of sp³-hybridized carbons (Fsp3) is 0.333. The van der Waals surface area contributed by atoms with Gasteiger partial charge in [0.05, 0.1) is 0 Å². The van der Waals surface area contributed by atoms with Crippen LogP contribution >= 0.6 is 0 Å². The maximum Gasteiger partial charge on any atom is 0.166 e. The molecule has 0 aliphatic heterocycles. The van der Waals surface area contributed by atoms with Gasteiger partial charge in [-0.25, -0.2) is 17.6 Å². The number of halogens is 4. The van der Waals surface area contributed by atoms with Crippen molar-refractivity contribution in [3.63, 3.8) is 0 Å². The van der Waals surface area contributed by atoms with E-state index in [1.807, 2.05) is 19.1 Å². The van der Waals surface area contributed by atoms with Crippen molar-refractivity contribution in [2.75, 3.05) is 0 Å². The fourth-order valence-electron chi connectivity index (χ4n) is 3.88. The van der Waals surface area contributed by atoms with Crippen molar-refractivity contribution in [2.24, 2.45) is 0 Å². The van der Waals surface area contributed by atoms with E-state index in [-0.39, 0.29) is 12.0 Å². The Morgan fingerprint density at radius 2 is 1.26 bits per heavy atom. The van der Waals surface area contributed by atoms with E-state index in [0.29, 0.717) is 35.1 Å². The highest BCUT2D eigenvalue weighted by molar-refractivity contribution is 5.65. The summed E-state index contributed by atoms with van der Waals surface area (Å²) in [4.78, 5) is 0. The van der Waals surface area contributed by atoms with E-state index in [0.717, 1.165) is 37.8 Å². The molecule has 0 N–H and O–H groups in total. The summed E-state index contributed by atoms with van der Waals surface area (Å²) in [6.07, 6.45) is 5.66. The molecule has 0 radical (unpaired) electrons. The first-order valence-electron chi connectivity index (χ1n) is 11.0. The standard InChI is InChI=1S/C27H28F4/c1-3-5-6-8-18-9-11-21(12-10-18)23-15-20(17-25(29)27(23)31)13-19-14-22(7-4-2)26(30)24(28)16-19/h9-12,14-17H,3-8,13H2,1-2H3. The molecule has 0 spiro atoms.